The van der Waals surface area contributed by atoms with Crippen molar-refractivity contribution in [3.8, 4) is 34.0 Å². The Morgan fingerprint density at radius 3 is 2.41 bits per heavy atom. The van der Waals surface area contributed by atoms with Gasteiger partial charge in [0.1, 0.15) is 17.3 Å². The molecular formula is C21H23N7O. The number of nitrogens with zero attached hydrogens (tertiary/aromatic N) is 6. The van der Waals surface area contributed by atoms with Crippen molar-refractivity contribution in [1.29, 1.82) is 0 Å². The average molecular weight is 389 g/mol. The van der Waals surface area contributed by atoms with Gasteiger partial charge in [-0.25, -0.2) is 15.0 Å². The monoisotopic (exact) mass is 389 g/mol. The summed E-state index contributed by atoms with van der Waals surface area (Å²) in [4.78, 5) is 17.8. The molecule has 8 heteroatoms. The fraction of sp³-hybridized carbons (Fsp3) is 0.190. The summed E-state index contributed by atoms with van der Waals surface area (Å²) in [7, 11) is 1.88. The Kier molecular flexibility index (Phi) is 5.65. The Morgan fingerprint density at radius 2 is 1.72 bits per heavy atom. The van der Waals surface area contributed by atoms with Crippen LogP contribution in [0.15, 0.2) is 49.1 Å². The first-order valence-corrected chi connectivity index (χ1v) is 8.91. The summed E-state index contributed by atoms with van der Waals surface area (Å²) in [6, 6.07) is 7.56. The lowest BCUT2D eigenvalue weighted by atomic mass is 10.1. The average Bonchev–Trinajstić information content (AvgIpc) is 3.10. The molecule has 4 heterocycles. The lowest BCUT2D eigenvalue weighted by Crippen LogP contribution is -1.98. The van der Waals surface area contributed by atoms with E-state index in [2.05, 4.69) is 25.0 Å². The third-order valence-electron chi connectivity index (χ3n) is 4.37. The molecule has 0 aliphatic carbocycles. The number of aryl methyl sites for hydroxylation is 4. The van der Waals surface area contributed by atoms with Crippen molar-refractivity contribution in [2.45, 2.75) is 20.8 Å². The van der Waals surface area contributed by atoms with E-state index in [1.54, 1.807) is 17.1 Å². The summed E-state index contributed by atoms with van der Waals surface area (Å²) >= 11 is 0. The van der Waals surface area contributed by atoms with Gasteiger partial charge in [0.05, 0.1) is 29.0 Å². The zero-order valence-corrected chi connectivity index (χ0v) is 16.9. The van der Waals surface area contributed by atoms with Crippen LogP contribution in [0.4, 0.5) is 0 Å². The van der Waals surface area contributed by atoms with Gasteiger partial charge in [0.2, 0.25) is 0 Å². The maximum absolute atomic E-state index is 6.06. The SMILES string of the molecule is Cc1ncc(-c2ccc(Oc3ccnc(-c4cnn(C)c4)c3)c(C)n2)c(C)n1.N. The predicted octanol–water partition coefficient (Wildman–Crippen LogP) is 4.21. The molecule has 0 saturated heterocycles. The van der Waals surface area contributed by atoms with Gasteiger partial charge < -0.3 is 10.9 Å². The minimum Gasteiger partial charge on any atom is -0.455 e. The van der Waals surface area contributed by atoms with Crippen LogP contribution in [0.5, 0.6) is 11.5 Å². The second-order valence-electron chi connectivity index (χ2n) is 6.58. The van der Waals surface area contributed by atoms with E-state index in [4.69, 9.17) is 4.74 Å². The van der Waals surface area contributed by atoms with Gasteiger partial charge in [0.15, 0.2) is 0 Å². The third-order valence-corrected chi connectivity index (χ3v) is 4.37. The van der Waals surface area contributed by atoms with E-state index in [-0.39, 0.29) is 6.15 Å². The van der Waals surface area contributed by atoms with Crippen molar-refractivity contribution in [2.24, 2.45) is 7.05 Å². The van der Waals surface area contributed by atoms with E-state index in [1.807, 2.05) is 64.5 Å². The number of ether oxygens (including phenoxy) is 1. The lowest BCUT2D eigenvalue weighted by molar-refractivity contribution is 0.475. The Hall–Kier alpha value is -3.65. The summed E-state index contributed by atoms with van der Waals surface area (Å²) in [6.07, 6.45) is 7.23. The van der Waals surface area contributed by atoms with E-state index >= 15 is 0 Å². The minimum atomic E-state index is 0. The van der Waals surface area contributed by atoms with E-state index < -0.39 is 0 Å². The molecule has 0 fully saturated rings. The fourth-order valence-corrected chi connectivity index (χ4v) is 2.95. The fourth-order valence-electron chi connectivity index (χ4n) is 2.95. The Bertz CT molecular complexity index is 1150. The highest BCUT2D eigenvalue weighted by molar-refractivity contribution is 5.62. The van der Waals surface area contributed by atoms with Gasteiger partial charge in [-0.1, -0.05) is 0 Å². The van der Waals surface area contributed by atoms with Gasteiger partial charge in [0.25, 0.3) is 0 Å². The van der Waals surface area contributed by atoms with Crippen LogP contribution < -0.4 is 10.9 Å². The van der Waals surface area contributed by atoms with Crippen LogP contribution in [0.3, 0.4) is 0 Å². The highest BCUT2D eigenvalue weighted by atomic mass is 16.5. The quantitative estimate of drug-likeness (QED) is 0.556. The summed E-state index contributed by atoms with van der Waals surface area (Å²) in [5.74, 6) is 2.14. The standard InChI is InChI=1S/C21H20N6O.H3N/c1-13-18(11-23-15(3)25-13)19-5-6-21(14(2)26-19)28-17-7-8-22-20(9-17)16-10-24-27(4)12-16;/h5-12H,1-4H3;1H3. The molecule has 0 radical (unpaired) electrons. The zero-order valence-electron chi connectivity index (χ0n) is 16.9. The van der Waals surface area contributed by atoms with Gasteiger partial charge in [-0.2, -0.15) is 5.10 Å². The molecule has 0 aromatic carbocycles. The maximum atomic E-state index is 6.06. The molecule has 0 amide bonds. The molecule has 29 heavy (non-hydrogen) atoms. The number of hydrogen-bond donors (Lipinski definition) is 1. The van der Waals surface area contributed by atoms with Crippen molar-refractivity contribution >= 4 is 0 Å². The summed E-state index contributed by atoms with van der Waals surface area (Å²) in [6.45, 7) is 5.76. The molecule has 8 nitrogen and oxygen atoms in total. The van der Waals surface area contributed by atoms with Crippen LogP contribution in [0.2, 0.25) is 0 Å². The predicted molar refractivity (Wildman–Crippen MR) is 111 cm³/mol. The van der Waals surface area contributed by atoms with Crippen LogP contribution in [-0.4, -0.2) is 29.7 Å². The van der Waals surface area contributed by atoms with Crippen molar-refractivity contribution in [3.05, 3.63) is 66.3 Å². The third kappa shape index (κ3) is 4.27. The van der Waals surface area contributed by atoms with Gasteiger partial charge >= 0.3 is 0 Å². The smallest absolute Gasteiger partial charge is 0.148 e. The number of rotatable bonds is 4. The molecule has 0 aliphatic heterocycles. The van der Waals surface area contributed by atoms with Gasteiger partial charge in [-0.05, 0) is 39.0 Å². The lowest BCUT2D eigenvalue weighted by Gasteiger charge is -2.11. The normalized spacial score (nSPS) is 10.5. The summed E-state index contributed by atoms with van der Waals surface area (Å²) in [5, 5.41) is 4.19. The van der Waals surface area contributed by atoms with E-state index in [0.29, 0.717) is 11.5 Å². The molecule has 3 N–H and O–H groups in total. The molecule has 4 aromatic rings. The van der Waals surface area contributed by atoms with Crippen LogP contribution in [-0.2, 0) is 7.05 Å². The summed E-state index contributed by atoms with van der Waals surface area (Å²) < 4.78 is 7.80. The Balaban J connectivity index is 0.00000240. The van der Waals surface area contributed by atoms with Crippen molar-refractivity contribution in [2.75, 3.05) is 0 Å². The zero-order chi connectivity index (χ0) is 19.7. The Morgan fingerprint density at radius 1 is 0.897 bits per heavy atom. The van der Waals surface area contributed by atoms with Gasteiger partial charge in [0, 0.05) is 42.8 Å². The van der Waals surface area contributed by atoms with E-state index in [0.717, 1.165) is 39.7 Å². The highest BCUT2D eigenvalue weighted by Gasteiger charge is 2.11. The van der Waals surface area contributed by atoms with E-state index in [9.17, 15) is 0 Å². The molecule has 0 atom stereocenters. The molecular weight excluding hydrogens is 366 g/mol. The van der Waals surface area contributed by atoms with Crippen molar-refractivity contribution in [1.82, 2.24) is 35.9 Å². The van der Waals surface area contributed by atoms with Crippen LogP contribution in [0.25, 0.3) is 22.5 Å². The molecule has 4 aromatic heterocycles. The summed E-state index contributed by atoms with van der Waals surface area (Å²) in [5.41, 5.74) is 5.19. The highest BCUT2D eigenvalue weighted by Crippen LogP contribution is 2.29. The molecule has 4 rings (SSSR count). The van der Waals surface area contributed by atoms with Crippen LogP contribution >= 0.6 is 0 Å². The number of pyridine rings is 2. The maximum Gasteiger partial charge on any atom is 0.148 e. The van der Waals surface area contributed by atoms with Gasteiger partial charge in [-0.3, -0.25) is 9.67 Å². The second-order valence-corrected chi connectivity index (χ2v) is 6.58. The second kappa shape index (κ2) is 8.15. The minimum absolute atomic E-state index is 0. The van der Waals surface area contributed by atoms with E-state index in [1.165, 1.54) is 0 Å². The van der Waals surface area contributed by atoms with Crippen LogP contribution in [0.1, 0.15) is 17.2 Å². The largest absolute Gasteiger partial charge is 0.455 e. The van der Waals surface area contributed by atoms with Crippen LogP contribution in [0, 0.1) is 20.8 Å². The topological polar surface area (TPSA) is 114 Å². The number of hydrogen-bond acceptors (Lipinski definition) is 7. The molecule has 0 bridgehead atoms. The molecule has 0 saturated carbocycles. The van der Waals surface area contributed by atoms with Gasteiger partial charge in [-0.15, -0.1) is 0 Å². The van der Waals surface area contributed by atoms with Crippen molar-refractivity contribution < 1.29 is 4.74 Å². The first-order valence-electron chi connectivity index (χ1n) is 8.91. The number of aromatic nitrogens is 6. The first kappa shape index (κ1) is 20.1. The molecule has 0 unspecified atom stereocenters. The van der Waals surface area contributed by atoms with Crippen molar-refractivity contribution in [3.63, 3.8) is 0 Å². The molecule has 148 valence electrons. The Labute approximate surface area is 169 Å². The first-order chi connectivity index (χ1) is 13.5. The molecule has 0 aliphatic rings. The molecule has 0 spiro atoms.